The lowest BCUT2D eigenvalue weighted by Crippen LogP contribution is -2.25. The van der Waals surface area contributed by atoms with Crippen LogP contribution in [0, 0.1) is 0 Å². The Morgan fingerprint density at radius 2 is 1.53 bits per heavy atom. The number of hydrazone groups is 1. The Morgan fingerprint density at radius 1 is 0.969 bits per heavy atom. The Labute approximate surface area is 191 Å². The molecule has 0 radical (unpaired) electrons. The standard InChI is InChI=1S/C24H20BrF3N2O2/c25-15-20(23(16-7-3-1-4-8-16)17-9-5-2-6-10-17)29-30-22(32)13-18-11-12-19(14-21(18)31)24(26,27)28/h1-12,14,23,31H,13,15H2,(H,30,32). The normalized spacial score (nSPS) is 12.1. The number of benzene rings is 3. The highest BCUT2D eigenvalue weighted by atomic mass is 79.9. The maximum absolute atomic E-state index is 12.8. The minimum Gasteiger partial charge on any atom is -0.508 e. The SMILES string of the molecule is O=C(Cc1ccc(C(F)(F)F)cc1O)NN=C(CBr)C(c1ccccc1)c1ccccc1. The van der Waals surface area contributed by atoms with E-state index >= 15 is 0 Å². The molecule has 8 heteroatoms. The second-order valence-corrected chi connectivity index (χ2v) is 7.60. The quantitative estimate of drug-likeness (QED) is 0.248. The molecule has 0 aliphatic carbocycles. The van der Waals surface area contributed by atoms with Gasteiger partial charge in [0.1, 0.15) is 5.75 Å². The predicted octanol–water partition coefficient (Wildman–Crippen LogP) is 5.65. The number of nitrogens with zero attached hydrogens (tertiary/aromatic N) is 1. The van der Waals surface area contributed by atoms with Gasteiger partial charge in [-0.3, -0.25) is 4.79 Å². The third kappa shape index (κ3) is 5.97. The van der Waals surface area contributed by atoms with Crippen molar-refractivity contribution in [2.24, 2.45) is 5.10 Å². The van der Waals surface area contributed by atoms with E-state index in [1.165, 1.54) is 0 Å². The number of phenols is 1. The summed E-state index contributed by atoms with van der Waals surface area (Å²) in [7, 11) is 0. The molecule has 32 heavy (non-hydrogen) atoms. The molecule has 0 unspecified atom stereocenters. The first kappa shape index (κ1) is 23.5. The minimum absolute atomic E-state index is 0.0776. The maximum Gasteiger partial charge on any atom is 0.416 e. The lowest BCUT2D eigenvalue weighted by molar-refractivity contribution is -0.137. The van der Waals surface area contributed by atoms with Crippen molar-refractivity contribution in [1.82, 2.24) is 5.43 Å². The molecule has 0 fully saturated rings. The molecule has 0 bridgehead atoms. The summed E-state index contributed by atoms with van der Waals surface area (Å²) in [6.07, 6.45) is -4.89. The van der Waals surface area contributed by atoms with Crippen LogP contribution in [0.2, 0.25) is 0 Å². The molecule has 3 aromatic rings. The number of halogens is 4. The monoisotopic (exact) mass is 504 g/mol. The van der Waals surface area contributed by atoms with Crippen LogP contribution in [-0.2, 0) is 17.4 Å². The molecule has 2 N–H and O–H groups in total. The van der Waals surface area contributed by atoms with Gasteiger partial charge in [0.15, 0.2) is 0 Å². The summed E-state index contributed by atoms with van der Waals surface area (Å²) in [4.78, 5) is 12.4. The van der Waals surface area contributed by atoms with Gasteiger partial charge in [0.25, 0.3) is 0 Å². The predicted molar refractivity (Wildman–Crippen MR) is 121 cm³/mol. The first-order chi connectivity index (χ1) is 15.3. The molecule has 166 valence electrons. The molecule has 0 atom stereocenters. The van der Waals surface area contributed by atoms with Gasteiger partial charge in [-0.15, -0.1) is 0 Å². The summed E-state index contributed by atoms with van der Waals surface area (Å²) < 4.78 is 38.3. The maximum atomic E-state index is 12.8. The van der Waals surface area contributed by atoms with E-state index in [-0.39, 0.29) is 17.9 Å². The van der Waals surface area contributed by atoms with E-state index in [4.69, 9.17) is 0 Å². The van der Waals surface area contributed by atoms with Crippen LogP contribution in [-0.4, -0.2) is 22.1 Å². The summed E-state index contributed by atoms with van der Waals surface area (Å²) in [5.74, 6) is -1.36. The summed E-state index contributed by atoms with van der Waals surface area (Å²) in [5.41, 5.74) is 4.19. The van der Waals surface area contributed by atoms with E-state index in [2.05, 4.69) is 26.5 Å². The molecule has 0 aliphatic rings. The second-order valence-electron chi connectivity index (χ2n) is 7.04. The van der Waals surface area contributed by atoms with Crippen molar-refractivity contribution >= 4 is 27.5 Å². The number of hydrogen-bond acceptors (Lipinski definition) is 3. The Kier molecular flexibility index (Phi) is 7.69. The van der Waals surface area contributed by atoms with Gasteiger partial charge in [-0.2, -0.15) is 18.3 Å². The minimum atomic E-state index is -4.57. The van der Waals surface area contributed by atoms with Crippen molar-refractivity contribution in [1.29, 1.82) is 0 Å². The fourth-order valence-corrected chi connectivity index (χ4v) is 3.73. The summed E-state index contributed by atoms with van der Waals surface area (Å²) in [5, 5.41) is 14.6. The fraction of sp³-hybridized carbons (Fsp3) is 0.167. The summed E-state index contributed by atoms with van der Waals surface area (Å²) in [6, 6.07) is 21.9. The number of carbonyl (C=O) groups is 1. The Bertz CT molecular complexity index is 1050. The third-order valence-electron chi connectivity index (χ3n) is 4.82. The third-order valence-corrected chi connectivity index (χ3v) is 5.40. The van der Waals surface area contributed by atoms with E-state index < -0.39 is 23.4 Å². The van der Waals surface area contributed by atoms with E-state index in [0.29, 0.717) is 17.1 Å². The average molecular weight is 505 g/mol. The van der Waals surface area contributed by atoms with Crippen LogP contribution < -0.4 is 5.43 Å². The molecule has 3 rings (SSSR count). The molecule has 0 spiro atoms. The highest BCUT2D eigenvalue weighted by Gasteiger charge is 2.31. The van der Waals surface area contributed by atoms with Crippen LogP contribution in [0.5, 0.6) is 5.75 Å². The molecule has 3 aromatic carbocycles. The van der Waals surface area contributed by atoms with Crippen molar-refractivity contribution < 1.29 is 23.1 Å². The lowest BCUT2D eigenvalue weighted by Gasteiger charge is -2.19. The van der Waals surface area contributed by atoms with E-state index in [1.54, 1.807) is 0 Å². The highest BCUT2D eigenvalue weighted by Crippen LogP contribution is 2.33. The van der Waals surface area contributed by atoms with Crippen molar-refractivity contribution in [3.05, 3.63) is 101 Å². The number of amides is 1. The average Bonchev–Trinajstić information content (AvgIpc) is 2.78. The molecular formula is C24H20BrF3N2O2. The zero-order chi connectivity index (χ0) is 23.1. The van der Waals surface area contributed by atoms with Gasteiger partial charge in [-0.25, -0.2) is 5.43 Å². The zero-order valence-electron chi connectivity index (χ0n) is 16.8. The van der Waals surface area contributed by atoms with Crippen LogP contribution in [0.1, 0.15) is 28.2 Å². The number of nitrogens with one attached hydrogen (secondary N) is 1. The van der Waals surface area contributed by atoms with Gasteiger partial charge in [-0.1, -0.05) is 82.7 Å². The van der Waals surface area contributed by atoms with E-state index in [0.717, 1.165) is 23.3 Å². The molecule has 1 amide bonds. The van der Waals surface area contributed by atoms with E-state index in [1.807, 2.05) is 60.7 Å². The molecule has 0 saturated carbocycles. The Hall–Kier alpha value is -3.13. The van der Waals surface area contributed by atoms with Crippen molar-refractivity contribution in [3.63, 3.8) is 0 Å². The number of phenolic OH excluding ortho intramolecular Hbond substituents is 1. The second kappa shape index (κ2) is 10.5. The first-order valence-electron chi connectivity index (χ1n) is 9.70. The van der Waals surface area contributed by atoms with Crippen LogP contribution in [0.4, 0.5) is 13.2 Å². The lowest BCUT2D eigenvalue weighted by atomic mass is 9.88. The van der Waals surface area contributed by atoms with Crippen LogP contribution >= 0.6 is 15.9 Å². The molecule has 0 aliphatic heterocycles. The number of hydrogen-bond donors (Lipinski definition) is 2. The van der Waals surface area contributed by atoms with Gasteiger partial charge < -0.3 is 5.11 Å². The molecule has 0 aromatic heterocycles. The van der Waals surface area contributed by atoms with Crippen LogP contribution in [0.3, 0.4) is 0 Å². The Balaban J connectivity index is 1.80. The zero-order valence-corrected chi connectivity index (χ0v) is 18.4. The smallest absolute Gasteiger partial charge is 0.416 e. The van der Waals surface area contributed by atoms with Gasteiger partial charge in [-0.05, 0) is 23.3 Å². The summed E-state index contributed by atoms with van der Waals surface area (Å²) in [6.45, 7) is 0. The molecule has 4 nitrogen and oxygen atoms in total. The summed E-state index contributed by atoms with van der Waals surface area (Å²) >= 11 is 3.44. The van der Waals surface area contributed by atoms with Gasteiger partial charge in [0, 0.05) is 16.8 Å². The molecular weight excluding hydrogens is 485 g/mol. The van der Waals surface area contributed by atoms with Crippen LogP contribution in [0.25, 0.3) is 0 Å². The number of aromatic hydroxyl groups is 1. The largest absolute Gasteiger partial charge is 0.508 e. The van der Waals surface area contributed by atoms with Gasteiger partial charge in [0.2, 0.25) is 5.91 Å². The molecule has 0 heterocycles. The Morgan fingerprint density at radius 3 is 2.00 bits per heavy atom. The van der Waals surface area contributed by atoms with Crippen molar-refractivity contribution in [3.8, 4) is 5.75 Å². The number of rotatable bonds is 7. The van der Waals surface area contributed by atoms with Crippen LogP contribution in [0.15, 0.2) is 84.0 Å². The highest BCUT2D eigenvalue weighted by molar-refractivity contribution is 9.09. The van der Waals surface area contributed by atoms with Gasteiger partial charge in [0.05, 0.1) is 17.7 Å². The number of carbonyl (C=O) groups excluding carboxylic acids is 1. The fourth-order valence-electron chi connectivity index (χ4n) is 3.28. The first-order valence-corrected chi connectivity index (χ1v) is 10.8. The van der Waals surface area contributed by atoms with Crippen molar-refractivity contribution in [2.75, 3.05) is 5.33 Å². The molecule has 0 saturated heterocycles. The van der Waals surface area contributed by atoms with Gasteiger partial charge >= 0.3 is 6.18 Å². The number of alkyl halides is 4. The van der Waals surface area contributed by atoms with Crippen molar-refractivity contribution in [2.45, 2.75) is 18.5 Å². The van der Waals surface area contributed by atoms with E-state index in [9.17, 15) is 23.1 Å². The topological polar surface area (TPSA) is 61.7 Å².